The van der Waals surface area contributed by atoms with Crippen molar-refractivity contribution in [3.63, 3.8) is 0 Å². The zero-order chi connectivity index (χ0) is 12.2. The topological polar surface area (TPSA) is 46.5 Å². The van der Waals surface area contributed by atoms with E-state index >= 15 is 0 Å². The molecule has 1 rings (SSSR count). The smallest absolute Gasteiger partial charge is 0.314 e. The average molecular weight is 222 g/mol. The molecule has 0 unspecified atom stereocenters. The van der Waals surface area contributed by atoms with Gasteiger partial charge in [-0.3, -0.25) is 4.79 Å². The van der Waals surface area contributed by atoms with Gasteiger partial charge in [-0.15, -0.1) is 0 Å². The minimum Gasteiger partial charge on any atom is -0.497 e. The second-order valence-corrected chi connectivity index (χ2v) is 3.83. The summed E-state index contributed by atoms with van der Waals surface area (Å²) >= 11 is 0. The van der Waals surface area contributed by atoms with Gasteiger partial charge >= 0.3 is 5.97 Å². The molecule has 3 nitrogen and oxygen atoms in total. The number of hydrogen-bond acceptors (Lipinski definition) is 2. The number of carbonyl (C=O) groups is 1. The predicted octanol–water partition coefficient (Wildman–Crippen LogP) is 2.84. The van der Waals surface area contributed by atoms with Crippen LogP contribution in [0, 0.1) is 0 Å². The van der Waals surface area contributed by atoms with Crippen LogP contribution >= 0.6 is 0 Å². The molecule has 0 aliphatic carbocycles. The second-order valence-electron chi connectivity index (χ2n) is 3.83. The second kappa shape index (κ2) is 5.01. The van der Waals surface area contributed by atoms with Gasteiger partial charge in [0.2, 0.25) is 0 Å². The molecule has 0 saturated carbocycles. The van der Waals surface area contributed by atoms with Crippen LogP contribution in [0.15, 0.2) is 24.3 Å². The van der Waals surface area contributed by atoms with Gasteiger partial charge < -0.3 is 9.84 Å². The van der Waals surface area contributed by atoms with Gasteiger partial charge in [0.25, 0.3) is 0 Å². The lowest BCUT2D eigenvalue weighted by molar-refractivity contribution is -0.144. The van der Waals surface area contributed by atoms with E-state index in [0.717, 1.165) is 5.56 Å². The Balaban J connectivity index is 3.25. The number of rotatable bonds is 5. The van der Waals surface area contributed by atoms with Crippen LogP contribution < -0.4 is 4.74 Å². The summed E-state index contributed by atoms with van der Waals surface area (Å²) < 4.78 is 5.13. The standard InChI is InChI=1S/C13H18O3/c1-4-13(5-2,12(14)15)10-7-6-8-11(9-10)16-3/h6-9H,4-5H2,1-3H3,(H,14,15). The highest BCUT2D eigenvalue weighted by atomic mass is 16.5. The van der Waals surface area contributed by atoms with E-state index in [9.17, 15) is 9.90 Å². The third-order valence-corrected chi connectivity index (χ3v) is 3.24. The molecule has 0 atom stereocenters. The van der Waals surface area contributed by atoms with Crippen molar-refractivity contribution < 1.29 is 14.6 Å². The summed E-state index contributed by atoms with van der Waals surface area (Å²) in [4.78, 5) is 11.4. The van der Waals surface area contributed by atoms with E-state index in [-0.39, 0.29) is 0 Å². The highest BCUT2D eigenvalue weighted by Crippen LogP contribution is 2.33. The van der Waals surface area contributed by atoms with E-state index in [2.05, 4.69) is 0 Å². The van der Waals surface area contributed by atoms with Gasteiger partial charge in [0.05, 0.1) is 12.5 Å². The highest BCUT2D eigenvalue weighted by Gasteiger charge is 2.36. The maximum atomic E-state index is 11.4. The number of ether oxygens (including phenoxy) is 1. The number of aliphatic carboxylic acids is 1. The lowest BCUT2D eigenvalue weighted by Gasteiger charge is -2.27. The molecule has 0 aromatic heterocycles. The van der Waals surface area contributed by atoms with Crippen LogP contribution in [0.25, 0.3) is 0 Å². The Morgan fingerprint density at radius 1 is 1.38 bits per heavy atom. The maximum absolute atomic E-state index is 11.4. The summed E-state index contributed by atoms with van der Waals surface area (Å²) in [5, 5.41) is 9.40. The molecule has 0 amide bonds. The molecule has 0 aliphatic rings. The SMILES string of the molecule is CCC(CC)(C(=O)O)c1cccc(OC)c1. The minimum atomic E-state index is -0.797. The first-order valence-electron chi connectivity index (χ1n) is 5.48. The Hall–Kier alpha value is -1.51. The fraction of sp³-hybridized carbons (Fsp3) is 0.462. The maximum Gasteiger partial charge on any atom is 0.314 e. The number of methoxy groups -OCH3 is 1. The highest BCUT2D eigenvalue weighted by molar-refractivity contribution is 5.81. The molecule has 1 N–H and O–H groups in total. The van der Waals surface area contributed by atoms with E-state index < -0.39 is 11.4 Å². The molecule has 0 heterocycles. The fourth-order valence-corrected chi connectivity index (χ4v) is 2.00. The molecular weight excluding hydrogens is 204 g/mol. The molecule has 16 heavy (non-hydrogen) atoms. The first kappa shape index (κ1) is 12.6. The minimum absolute atomic E-state index is 0.575. The quantitative estimate of drug-likeness (QED) is 0.833. The molecule has 0 aliphatic heterocycles. The zero-order valence-corrected chi connectivity index (χ0v) is 9.99. The van der Waals surface area contributed by atoms with E-state index in [1.165, 1.54) is 0 Å². The summed E-state index contributed by atoms with van der Waals surface area (Å²) in [5.41, 5.74) is 0.0125. The van der Waals surface area contributed by atoms with Crippen molar-refractivity contribution in [3.05, 3.63) is 29.8 Å². The van der Waals surface area contributed by atoms with Gasteiger partial charge in [-0.25, -0.2) is 0 Å². The van der Waals surface area contributed by atoms with Crippen molar-refractivity contribution in [1.29, 1.82) is 0 Å². The predicted molar refractivity (Wildman–Crippen MR) is 62.9 cm³/mol. The van der Waals surface area contributed by atoms with Crippen LogP contribution in [0.1, 0.15) is 32.3 Å². The van der Waals surface area contributed by atoms with Crippen LogP contribution in [0.2, 0.25) is 0 Å². The molecule has 0 radical (unpaired) electrons. The normalized spacial score (nSPS) is 11.2. The van der Waals surface area contributed by atoms with Crippen LogP contribution in [0.3, 0.4) is 0 Å². The van der Waals surface area contributed by atoms with Crippen LogP contribution in [-0.2, 0) is 10.2 Å². The molecule has 88 valence electrons. The Kier molecular flexibility index (Phi) is 3.93. The Morgan fingerprint density at radius 2 is 2.00 bits per heavy atom. The zero-order valence-electron chi connectivity index (χ0n) is 9.99. The van der Waals surface area contributed by atoms with E-state index in [0.29, 0.717) is 18.6 Å². The summed E-state index contributed by atoms with van der Waals surface area (Å²) in [6.45, 7) is 3.80. The Morgan fingerprint density at radius 3 is 2.44 bits per heavy atom. The first-order valence-corrected chi connectivity index (χ1v) is 5.48. The molecule has 3 heteroatoms. The van der Waals surface area contributed by atoms with Crippen LogP contribution in [0.4, 0.5) is 0 Å². The number of benzene rings is 1. The third kappa shape index (κ3) is 2.03. The molecule has 0 fully saturated rings. The van der Waals surface area contributed by atoms with Gasteiger partial charge in [0.1, 0.15) is 5.75 Å². The van der Waals surface area contributed by atoms with Gasteiger partial charge in [-0.2, -0.15) is 0 Å². The van der Waals surface area contributed by atoms with Gasteiger partial charge in [0, 0.05) is 0 Å². The number of carboxylic acids is 1. The van der Waals surface area contributed by atoms with Crippen molar-refractivity contribution in [3.8, 4) is 5.75 Å². The monoisotopic (exact) mass is 222 g/mol. The third-order valence-electron chi connectivity index (χ3n) is 3.24. The molecule has 1 aromatic rings. The van der Waals surface area contributed by atoms with E-state index in [1.54, 1.807) is 13.2 Å². The Labute approximate surface area is 96.1 Å². The van der Waals surface area contributed by atoms with Crippen LogP contribution in [-0.4, -0.2) is 18.2 Å². The summed E-state index contributed by atoms with van der Waals surface area (Å²) in [6, 6.07) is 7.31. The number of hydrogen-bond donors (Lipinski definition) is 1. The molecule has 0 spiro atoms. The molecule has 1 aromatic carbocycles. The van der Waals surface area contributed by atoms with Crippen molar-refractivity contribution in [2.45, 2.75) is 32.1 Å². The first-order chi connectivity index (χ1) is 7.60. The van der Waals surface area contributed by atoms with Gasteiger partial charge in [-0.1, -0.05) is 26.0 Å². The fourth-order valence-electron chi connectivity index (χ4n) is 2.00. The van der Waals surface area contributed by atoms with Gasteiger partial charge in [-0.05, 0) is 30.5 Å². The van der Waals surface area contributed by atoms with Crippen molar-refractivity contribution in [1.82, 2.24) is 0 Å². The Bertz CT molecular complexity index is 367. The van der Waals surface area contributed by atoms with Crippen LogP contribution in [0.5, 0.6) is 5.75 Å². The average Bonchev–Trinajstić information content (AvgIpc) is 2.31. The van der Waals surface area contributed by atoms with Crippen molar-refractivity contribution >= 4 is 5.97 Å². The number of carboxylic acid groups (broad SMARTS) is 1. The van der Waals surface area contributed by atoms with E-state index in [1.807, 2.05) is 32.0 Å². The molecule has 0 saturated heterocycles. The lowest BCUT2D eigenvalue weighted by atomic mass is 9.76. The largest absolute Gasteiger partial charge is 0.497 e. The molecule has 0 bridgehead atoms. The summed E-state index contributed by atoms with van der Waals surface area (Å²) in [7, 11) is 1.58. The van der Waals surface area contributed by atoms with Crippen molar-refractivity contribution in [2.75, 3.05) is 7.11 Å². The van der Waals surface area contributed by atoms with E-state index in [4.69, 9.17) is 4.74 Å². The van der Waals surface area contributed by atoms with Gasteiger partial charge in [0.15, 0.2) is 0 Å². The summed E-state index contributed by atoms with van der Waals surface area (Å²) in [5.74, 6) is -0.0734. The molecular formula is C13H18O3. The lowest BCUT2D eigenvalue weighted by Crippen LogP contribution is -2.34. The van der Waals surface area contributed by atoms with Crippen molar-refractivity contribution in [2.24, 2.45) is 0 Å². The summed E-state index contributed by atoms with van der Waals surface area (Å²) in [6.07, 6.45) is 1.15.